The summed E-state index contributed by atoms with van der Waals surface area (Å²) in [5.74, 6) is 1.57. The molecule has 0 aromatic carbocycles. The molecule has 0 heterocycles. The van der Waals surface area contributed by atoms with E-state index >= 15 is 0 Å². The van der Waals surface area contributed by atoms with E-state index in [1.807, 2.05) is 0 Å². The molecular formula is C11H22N2O. The molecule has 0 bridgehead atoms. The van der Waals surface area contributed by atoms with Crippen LogP contribution < -0.4 is 10.6 Å². The second kappa shape index (κ2) is 6.02. The third-order valence-electron chi connectivity index (χ3n) is 2.76. The largest absolute Gasteiger partial charge is 0.355 e. The molecule has 0 saturated heterocycles. The van der Waals surface area contributed by atoms with Crippen LogP contribution in [0.3, 0.4) is 0 Å². The number of hydrogen-bond donors (Lipinski definition) is 2. The lowest BCUT2D eigenvalue weighted by atomic mass is 10.1. The summed E-state index contributed by atoms with van der Waals surface area (Å²) in [6.07, 6.45) is 3.75. The first-order chi connectivity index (χ1) is 6.72. The molecule has 0 aromatic rings. The van der Waals surface area contributed by atoms with Crippen LogP contribution in [0.15, 0.2) is 0 Å². The minimum Gasteiger partial charge on any atom is -0.355 e. The molecule has 0 aromatic heterocycles. The summed E-state index contributed by atoms with van der Waals surface area (Å²) < 4.78 is 0. The Morgan fingerprint density at radius 3 is 2.79 bits per heavy atom. The quantitative estimate of drug-likeness (QED) is 0.644. The fraction of sp³-hybridized carbons (Fsp3) is 0.909. The van der Waals surface area contributed by atoms with E-state index in [0.717, 1.165) is 25.4 Å². The summed E-state index contributed by atoms with van der Waals surface area (Å²) >= 11 is 0. The number of carbonyl (C=O) groups is 1. The van der Waals surface area contributed by atoms with Crippen molar-refractivity contribution in [2.75, 3.05) is 19.6 Å². The van der Waals surface area contributed by atoms with E-state index < -0.39 is 0 Å². The van der Waals surface area contributed by atoms with Crippen LogP contribution in [0.2, 0.25) is 0 Å². The highest BCUT2D eigenvalue weighted by molar-refractivity contribution is 5.77. The first-order valence-electron chi connectivity index (χ1n) is 5.69. The van der Waals surface area contributed by atoms with E-state index in [1.165, 1.54) is 12.8 Å². The fourth-order valence-electron chi connectivity index (χ4n) is 1.22. The van der Waals surface area contributed by atoms with Gasteiger partial charge in [-0.1, -0.05) is 20.3 Å². The molecule has 3 nitrogen and oxygen atoms in total. The summed E-state index contributed by atoms with van der Waals surface area (Å²) in [6.45, 7) is 6.64. The van der Waals surface area contributed by atoms with Crippen LogP contribution in [0.4, 0.5) is 0 Å². The maximum atomic E-state index is 11.3. The Morgan fingerprint density at radius 1 is 1.50 bits per heavy atom. The number of amides is 1. The zero-order valence-corrected chi connectivity index (χ0v) is 9.31. The first-order valence-corrected chi connectivity index (χ1v) is 5.69. The maximum Gasteiger partial charge on any atom is 0.233 e. The second-order valence-electron chi connectivity index (χ2n) is 4.39. The van der Waals surface area contributed by atoms with Crippen molar-refractivity contribution in [1.82, 2.24) is 10.6 Å². The molecular weight excluding hydrogens is 176 g/mol. The zero-order valence-electron chi connectivity index (χ0n) is 9.31. The molecule has 1 aliphatic carbocycles. The number of carbonyl (C=O) groups excluding carboxylic acids is 1. The third-order valence-corrected chi connectivity index (χ3v) is 2.76. The average Bonchev–Trinajstić information content (AvgIpc) is 2.98. The second-order valence-corrected chi connectivity index (χ2v) is 4.39. The summed E-state index contributed by atoms with van der Waals surface area (Å²) in [4.78, 5) is 11.3. The highest BCUT2D eigenvalue weighted by atomic mass is 16.1. The molecule has 1 unspecified atom stereocenters. The number of rotatable bonds is 7. The standard InChI is InChI=1S/C11H22N2O/c1-3-9(2)6-12-8-11(14)13-7-10-4-5-10/h9-10,12H,3-8H2,1-2H3,(H,13,14). The Labute approximate surface area is 86.6 Å². The summed E-state index contributed by atoms with van der Waals surface area (Å²) in [6, 6.07) is 0. The van der Waals surface area contributed by atoms with Crippen LogP contribution in [-0.4, -0.2) is 25.5 Å². The van der Waals surface area contributed by atoms with Gasteiger partial charge in [0.2, 0.25) is 5.91 Å². The molecule has 1 rings (SSSR count). The summed E-state index contributed by atoms with van der Waals surface area (Å²) in [5.41, 5.74) is 0. The molecule has 1 fully saturated rings. The van der Waals surface area contributed by atoms with Crippen molar-refractivity contribution in [2.24, 2.45) is 11.8 Å². The van der Waals surface area contributed by atoms with Crippen molar-refractivity contribution in [1.29, 1.82) is 0 Å². The van der Waals surface area contributed by atoms with Gasteiger partial charge in [-0.05, 0) is 31.2 Å². The Kier molecular flexibility index (Phi) is 4.94. The normalized spacial score (nSPS) is 17.9. The van der Waals surface area contributed by atoms with Crippen molar-refractivity contribution in [3.8, 4) is 0 Å². The Balaban J connectivity index is 1.91. The average molecular weight is 198 g/mol. The van der Waals surface area contributed by atoms with Crippen LogP contribution in [0.25, 0.3) is 0 Å². The van der Waals surface area contributed by atoms with Crippen LogP contribution >= 0.6 is 0 Å². The Morgan fingerprint density at radius 2 is 2.21 bits per heavy atom. The van der Waals surface area contributed by atoms with Gasteiger partial charge in [-0.3, -0.25) is 4.79 Å². The number of hydrogen-bond acceptors (Lipinski definition) is 2. The highest BCUT2D eigenvalue weighted by Gasteiger charge is 2.21. The fourth-order valence-corrected chi connectivity index (χ4v) is 1.22. The molecule has 1 aliphatic rings. The summed E-state index contributed by atoms with van der Waals surface area (Å²) in [5, 5.41) is 6.10. The molecule has 1 amide bonds. The van der Waals surface area contributed by atoms with Gasteiger partial charge < -0.3 is 10.6 Å². The monoisotopic (exact) mass is 198 g/mol. The van der Waals surface area contributed by atoms with Crippen molar-refractivity contribution in [2.45, 2.75) is 33.1 Å². The van der Waals surface area contributed by atoms with Gasteiger partial charge >= 0.3 is 0 Å². The lowest BCUT2D eigenvalue weighted by Gasteiger charge is -2.09. The summed E-state index contributed by atoms with van der Waals surface area (Å²) in [7, 11) is 0. The molecule has 0 radical (unpaired) electrons. The predicted molar refractivity (Wildman–Crippen MR) is 58.1 cm³/mol. The van der Waals surface area contributed by atoms with Crippen LogP contribution in [-0.2, 0) is 4.79 Å². The smallest absolute Gasteiger partial charge is 0.233 e. The molecule has 2 N–H and O–H groups in total. The third kappa shape index (κ3) is 5.22. The minimum atomic E-state index is 0.139. The SMILES string of the molecule is CCC(C)CNCC(=O)NCC1CC1. The molecule has 3 heteroatoms. The van der Waals surface area contributed by atoms with Crippen LogP contribution in [0, 0.1) is 11.8 Å². The molecule has 82 valence electrons. The molecule has 0 aliphatic heterocycles. The molecule has 1 saturated carbocycles. The van der Waals surface area contributed by atoms with Gasteiger partial charge in [0.15, 0.2) is 0 Å². The van der Waals surface area contributed by atoms with Gasteiger partial charge in [0.1, 0.15) is 0 Å². The van der Waals surface area contributed by atoms with E-state index in [0.29, 0.717) is 12.5 Å². The zero-order chi connectivity index (χ0) is 10.4. The van der Waals surface area contributed by atoms with Gasteiger partial charge in [-0.25, -0.2) is 0 Å². The van der Waals surface area contributed by atoms with Gasteiger partial charge in [-0.2, -0.15) is 0 Å². The lowest BCUT2D eigenvalue weighted by molar-refractivity contribution is -0.120. The molecule has 0 spiro atoms. The van der Waals surface area contributed by atoms with Crippen LogP contribution in [0.5, 0.6) is 0 Å². The van der Waals surface area contributed by atoms with E-state index in [1.54, 1.807) is 0 Å². The van der Waals surface area contributed by atoms with Gasteiger partial charge in [0.05, 0.1) is 6.54 Å². The van der Waals surface area contributed by atoms with Gasteiger partial charge in [0, 0.05) is 6.54 Å². The van der Waals surface area contributed by atoms with Crippen molar-refractivity contribution in [3.63, 3.8) is 0 Å². The number of nitrogens with one attached hydrogen (secondary N) is 2. The van der Waals surface area contributed by atoms with E-state index in [2.05, 4.69) is 24.5 Å². The maximum absolute atomic E-state index is 11.3. The van der Waals surface area contributed by atoms with Crippen LogP contribution in [0.1, 0.15) is 33.1 Å². The Hall–Kier alpha value is -0.570. The molecule has 1 atom stereocenters. The Bertz CT molecular complexity index is 178. The van der Waals surface area contributed by atoms with Crippen molar-refractivity contribution < 1.29 is 4.79 Å². The van der Waals surface area contributed by atoms with Crippen molar-refractivity contribution in [3.05, 3.63) is 0 Å². The van der Waals surface area contributed by atoms with E-state index in [9.17, 15) is 4.79 Å². The van der Waals surface area contributed by atoms with Gasteiger partial charge in [0.25, 0.3) is 0 Å². The van der Waals surface area contributed by atoms with E-state index in [4.69, 9.17) is 0 Å². The highest BCUT2D eigenvalue weighted by Crippen LogP contribution is 2.27. The van der Waals surface area contributed by atoms with Crippen molar-refractivity contribution >= 4 is 5.91 Å². The van der Waals surface area contributed by atoms with Gasteiger partial charge in [-0.15, -0.1) is 0 Å². The van der Waals surface area contributed by atoms with E-state index in [-0.39, 0.29) is 5.91 Å². The topological polar surface area (TPSA) is 41.1 Å². The lowest BCUT2D eigenvalue weighted by Crippen LogP contribution is -2.36. The first kappa shape index (κ1) is 11.5. The minimum absolute atomic E-state index is 0.139. The molecule has 14 heavy (non-hydrogen) atoms. The predicted octanol–water partition coefficient (Wildman–Crippen LogP) is 1.15.